The number of hydrazine groups is 1. The second-order valence-corrected chi connectivity index (χ2v) is 3.35. The maximum absolute atomic E-state index is 11.7. The quantitative estimate of drug-likeness (QED) is 0.482. The minimum absolute atomic E-state index is 0.137. The molecular formula is C9H11N7O2. The van der Waals surface area contributed by atoms with E-state index in [1.807, 2.05) is 0 Å². The van der Waals surface area contributed by atoms with Crippen LogP contribution in [0.1, 0.15) is 22.2 Å². The fourth-order valence-electron chi connectivity index (χ4n) is 1.18. The van der Waals surface area contributed by atoms with Crippen LogP contribution in [0.2, 0.25) is 0 Å². The molecule has 94 valence electrons. The van der Waals surface area contributed by atoms with Crippen LogP contribution in [0.4, 0.5) is 5.82 Å². The first-order chi connectivity index (χ1) is 8.69. The van der Waals surface area contributed by atoms with E-state index in [1.54, 1.807) is 6.92 Å². The number of nitrogens with one attached hydrogen (secondary N) is 2. The first-order valence-corrected chi connectivity index (χ1v) is 5.05. The van der Waals surface area contributed by atoms with Crippen LogP contribution in [0.25, 0.3) is 0 Å². The van der Waals surface area contributed by atoms with Crippen molar-refractivity contribution in [1.29, 1.82) is 0 Å². The molecule has 0 aromatic carbocycles. The van der Waals surface area contributed by atoms with E-state index in [1.165, 1.54) is 12.4 Å². The minimum atomic E-state index is -0.387. The number of aryl methyl sites for hydroxylation is 1. The molecule has 0 bridgehead atoms. The summed E-state index contributed by atoms with van der Waals surface area (Å²) in [6, 6.07) is 0. The van der Waals surface area contributed by atoms with Gasteiger partial charge >= 0.3 is 0 Å². The number of carbonyl (C=O) groups is 1. The van der Waals surface area contributed by atoms with Crippen LogP contribution in [0.3, 0.4) is 0 Å². The fraction of sp³-hybridized carbons (Fsp3) is 0.222. The van der Waals surface area contributed by atoms with Crippen LogP contribution in [-0.4, -0.2) is 26.0 Å². The first-order valence-electron chi connectivity index (χ1n) is 5.05. The molecule has 1 amide bonds. The molecule has 9 heteroatoms. The van der Waals surface area contributed by atoms with Gasteiger partial charge in [0.2, 0.25) is 5.89 Å². The van der Waals surface area contributed by atoms with Gasteiger partial charge in [-0.3, -0.25) is 4.79 Å². The lowest BCUT2D eigenvalue weighted by molar-refractivity contribution is 0.0941. The van der Waals surface area contributed by atoms with Crippen molar-refractivity contribution in [1.82, 2.24) is 25.4 Å². The summed E-state index contributed by atoms with van der Waals surface area (Å²) in [5.41, 5.74) is 2.49. The average Bonchev–Trinajstić information content (AvgIpc) is 2.82. The van der Waals surface area contributed by atoms with Crippen molar-refractivity contribution >= 4 is 11.7 Å². The summed E-state index contributed by atoms with van der Waals surface area (Å²) < 4.78 is 4.85. The van der Waals surface area contributed by atoms with Gasteiger partial charge in [0, 0.05) is 0 Å². The Morgan fingerprint density at radius 1 is 1.44 bits per heavy atom. The molecule has 0 aliphatic rings. The monoisotopic (exact) mass is 249 g/mol. The molecule has 0 aliphatic carbocycles. The van der Waals surface area contributed by atoms with Gasteiger partial charge in [-0.05, 0) is 6.92 Å². The molecule has 0 unspecified atom stereocenters. The predicted octanol–water partition coefficient (Wildman–Crippen LogP) is -0.616. The number of aromatic nitrogens is 4. The second-order valence-electron chi connectivity index (χ2n) is 3.35. The second kappa shape index (κ2) is 5.19. The van der Waals surface area contributed by atoms with Gasteiger partial charge in [0.05, 0.1) is 18.9 Å². The molecule has 4 N–H and O–H groups in total. The normalized spacial score (nSPS) is 10.1. The lowest BCUT2D eigenvalue weighted by Gasteiger charge is -2.02. The summed E-state index contributed by atoms with van der Waals surface area (Å²) in [7, 11) is 0. The molecule has 9 nitrogen and oxygen atoms in total. The molecular weight excluding hydrogens is 238 g/mol. The SMILES string of the molecule is Cc1noc(CNC(=O)c2cnc(NN)cn2)n1. The molecule has 2 aromatic rings. The van der Waals surface area contributed by atoms with Crippen molar-refractivity contribution in [3.63, 3.8) is 0 Å². The highest BCUT2D eigenvalue weighted by molar-refractivity contribution is 5.91. The molecule has 0 spiro atoms. The minimum Gasteiger partial charge on any atom is -0.342 e. The Labute approximate surface area is 102 Å². The van der Waals surface area contributed by atoms with E-state index in [-0.39, 0.29) is 18.1 Å². The Morgan fingerprint density at radius 2 is 2.28 bits per heavy atom. The highest BCUT2D eigenvalue weighted by Gasteiger charge is 2.09. The van der Waals surface area contributed by atoms with Gasteiger partial charge in [-0.25, -0.2) is 15.8 Å². The number of nitrogens with two attached hydrogens (primary N) is 1. The van der Waals surface area contributed by atoms with Crippen molar-refractivity contribution < 1.29 is 9.32 Å². The lowest BCUT2D eigenvalue weighted by atomic mass is 10.4. The van der Waals surface area contributed by atoms with Crippen LogP contribution in [-0.2, 0) is 6.54 Å². The van der Waals surface area contributed by atoms with E-state index in [9.17, 15) is 4.79 Å². The lowest BCUT2D eigenvalue weighted by Crippen LogP contribution is -2.24. The molecule has 2 heterocycles. The molecule has 18 heavy (non-hydrogen) atoms. The topological polar surface area (TPSA) is 132 Å². The van der Waals surface area contributed by atoms with Gasteiger partial charge < -0.3 is 15.3 Å². The molecule has 2 aromatic heterocycles. The van der Waals surface area contributed by atoms with Crippen LogP contribution in [0.5, 0.6) is 0 Å². The maximum Gasteiger partial charge on any atom is 0.271 e. The molecule has 0 saturated heterocycles. The predicted molar refractivity (Wildman–Crippen MR) is 60.0 cm³/mol. The zero-order chi connectivity index (χ0) is 13.0. The van der Waals surface area contributed by atoms with Crippen LogP contribution in [0.15, 0.2) is 16.9 Å². The number of nitrogen functional groups attached to an aromatic ring is 1. The molecule has 0 saturated carbocycles. The van der Waals surface area contributed by atoms with E-state index in [2.05, 4.69) is 30.9 Å². The van der Waals surface area contributed by atoms with Gasteiger partial charge in [-0.2, -0.15) is 4.98 Å². The Bertz CT molecular complexity index is 536. The van der Waals surface area contributed by atoms with Gasteiger partial charge in [0.25, 0.3) is 5.91 Å². The Morgan fingerprint density at radius 3 is 2.83 bits per heavy atom. The number of hydrogen-bond donors (Lipinski definition) is 3. The van der Waals surface area contributed by atoms with E-state index in [0.717, 1.165) is 0 Å². The van der Waals surface area contributed by atoms with Crippen molar-refractivity contribution in [2.45, 2.75) is 13.5 Å². The zero-order valence-corrected chi connectivity index (χ0v) is 9.54. The molecule has 0 fully saturated rings. The molecule has 0 aliphatic heterocycles. The number of carbonyl (C=O) groups excluding carboxylic acids is 1. The summed E-state index contributed by atoms with van der Waals surface area (Å²) in [6.45, 7) is 1.83. The number of anilines is 1. The van der Waals surface area contributed by atoms with E-state index in [0.29, 0.717) is 17.5 Å². The summed E-state index contributed by atoms with van der Waals surface area (Å²) in [5.74, 6) is 5.96. The smallest absolute Gasteiger partial charge is 0.271 e. The molecule has 2 rings (SSSR count). The van der Waals surface area contributed by atoms with E-state index >= 15 is 0 Å². The van der Waals surface area contributed by atoms with Gasteiger partial charge in [-0.1, -0.05) is 5.16 Å². The van der Waals surface area contributed by atoms with Crippen LogP contribution >= 0.6 is 0 Å². The van der Waals surface area contributed by atoms with Crippen molar-refractivity contribution in [2.24, 2.45) is 5.84 Å². The van der Waals surface area contributed by atoms with Gasteiger partial charge in [0.1, 0.15) is 5.69 Å². The summed E-state index contributed by atoms with van der Waals surface area (Å²) in [4.78, 5) is 23.4. The summed E-state index contributed by atoms with van der Waals surface area (Å²) >= 11 is 0. The van der Waals surface area contributed by atoms with Crippen molar-refractivity contribution in [3.8, 4) is 0 Å². The van der Waals surface area contributed by atoms with Crippen LogP contribution in [0, 0.1) is 6.92 Å². The van der Waals surface area contributed by atoms with Crippen molar-refractivity contribution in [2.75, 3.05) is 5.43 Å². The standard InChI is InChI=1S/C9H11N7O2/c1-5-14-8(18-16-5)4-13-9(17)6-2-12-7(15-10)3-11-6/h2-3H,4,10H2,1H3,(H,12,15)(H,13,17). The van der Waals surface area contributed by atoms with E-state index < -0.39 is 0 Å². The number of amides is 1. The third kappa shape index (κ3) is 2.77. The number of hydrogen-bond acceptors (Lipinski definition) is 8. The van der Waals surface area contributed by atoms with Crippen molar-refractivity contribution in [3.05, 3.63) is 29.8 Å². The fourth-order valence-corrected chi connectivity index (χ4v) is 1.18. The highest BCUT2D eigenvalue weighted by atomic mass is 16.5. The maximum atomic E-state index is 11.7. The molecule has 0 radical (unpaired) electrons. The third-order valence-corrected chi connectivity index (χ3v) is 2.00. The molecule has 0 atom stereocenters. The Hall–Kier alpha value is -2.55. The zero-order valence-electron chi connectivity index (χ0n) is 9.54. The highest BCUT2D eigenvalue weighted by Crippen LogP contribution is 2.00. The van der Waals surface area contributed by atoms with Gasteiger partial charge in [0.15, 0.2) is 11.6 Å². The van der Waals surface area contributed by atoms with E-state index in [4.69, 9.17) is 10.4 Å². The first kappa shape index (κ1) is 11.9. The van der Waals surface area contributed by atoms with Gasteiger partial charge in [-0.15, -0.1) is 0 Å². The summed E-state index contributed by atoms with van der Waals surface area (Å²) in [5, 5.41) is 6.18. The Balaban J connectivity index is 1.94. The summed E-state index contributed by atoms with van der Waals surface area (Å²) in [6.07, 6.45) is 2.66. The Kier molecular flexibility index (Phi) is 3.44. The third-order valence-electron chi connectivity index (χ3n) is 2.00. The largest absolute Gasteiger partial charge is 0.342 e. The number of nitrogens with zero attached hydrogens (tertiary/aromatic N) is 4. The average molecular weight is 249 g/mol. The van der Waals surface area contributed by atoms with Crippen LogP contribution < -0.4 is 16.6 Å². The number of rotatable bonds is 4.